The number of ketones is 2. The molecule has 0 aliphatic heterocycles. The molecule has 16 atom stereocenters. The highest BCUT2D eigenvalue weighted by Gasteiger charge is 2.65. The lowest BCUT2D eigenvalue weighted by Gasteiger charge is -2.59. The third-order valence-corrected chi connectivity index (χ3v) is 20.3. The van der Waals surface area contributed by atoms with Gasteiger partial charge in [0, 0.05) is 23.2 Å². The highest BCUT2D eigenvalue weighted by atomic mass is 79.9. The minimum atomic E-state index is -1.14. The Kier molecular flexibility index (Phi) is 15.1. The molecule has 0 aromatic heterocycles. The van der Waals surface area contributed by atoms with Crippen molar-refractivity contribution >= 4 is 38.9 Å². The number of carbonyl (C=O) groups is 2. The molecule has 0 saturated heterocycles. The number of aliphatic hydroxyl groups is 2. The smallest absolute Gasteiger partial charge is 0.155 e. The summed E-state index contributed by atoms with van der Waals surface area (Å²) in [5.41, 5.74) is 3.01. The van der Waals surface area contributed by atoms with E-state index >= 15 is 8.78 Å². The van der Waals surface area contributed by atoms with Crippen molar-refractivity contribution in [3.63, 3.8) is 0 Å². The summed E-state index contributed by atoms with van der Waals surface area (Å²) >= 11 is 3.37. The summed E-state index contributed by atoms with van der Waals surface area (Å²) in [5.74, 6) is 2.20. The molecule has 2 aromatic carbocycles. The van der Waals surface area contributed by atoms with Gasteiger partial charge >= 0.3 is 0 Å². The van der Waals surface area contributed by atoms with Crippen LogP contribution in [0.25, 0.3) is 0 Å². The third kappa shape index (κ3) is 9.68. The first-order chi connectivity index (χ1) is 30.6. The van der Waals surface area contributed by atoms with Crippen LogP contribution in [0.4, 0.5) is 28.9 Å². The zero-order valence-corrected chi connectivity index (χ0v) is 40.8. The molecule has 0 heterocycles. The molecule has 8 aliphatic carbocycles. The van der Waals surface area contributed by atoms with Crippen LogP contribution >= 0.6 is 15.9 Å². The van der Waals surface area contributed by atoms with Crippen molar-refractivity contribution in [2.75, 3.05) is 22.9 Å². The van der Waals surface area contributed by atoms with Crippen molar-refractivity contribution < 1.29 is 37.4 Å². The Hall–Kier alpha value is -2.50. The van der Waals surface area contributed by atoms with E-state index in [9.17, 15) is 28.6 Å². The first-order valence-corrected chi connectivity index (χ1v) is 26.2. The van der Waals surface area contributed by atoms with Crippen LogP contribution in [0.15, 0.2) is 48.5 Å². The van der Waals surface area contributed by atoms with Crippen LogP contribution in [0.1, 0.15) is 151 Å². The molecule has 0 radical (unpaired) electrons. The molecule has 8 saturated carbocycles. The average Bonchev–Trinajstić information content (AvgIpc) is 3.82. The first kappa shape index (κ1) is 51.4. The lowest BCUT2D eigenvalue weighted by atomic mass is 9.48. The normalized spacial score (nSPS) is 44.0. The van der Waals surface area contributed by atoms with Crippen molar-refractivity contribution in [2.45, 2.75) is 173 Å². The monoisotopic (exact) mass is 987 g/mol. The summed E-state index contributed by atoms with van der Waals surface area (Å²) in [4.78, 5) is 25.7. The molecule has 0 bridgehead atoms. The van der Waals surface area contributed by atoms with Crippen molar-refractivity contribution in [3.05, 3.63) is 60.2 Å². The van der Waals surface area contributed by atoms with E-state index in [0.29, 0.717) is 79.0 Å². The van der Waals surface area contributed by atoms with E-state index in [4.69, 9.17) is 5.73 Å². The Morgan fingerprint density at radius 1 is 0.606 bits per heavy atom. The van der Waals surface area contributed by atoms with Crippen LogP contribution in [0.2, 0.25) is 0 Å². The van der Waals surface area contributed by atoms with Gasteiger partial charge in [-0.05, 0) is 236 Å². The number of rotatable bonds is 6. The van der Waals surface area contributed by atoms with E-state index in [1.807, 2.05) is 13.8 Å². The Morgan fingerprint density at radius 3 is 1.45 bits per heavy atom. The average molecular weight is 988 g/mol. The molecule has 11 heteroatoms. The van der Waals surface area contributed by atoms with Gasteiger partial charge in [0.25, 0.3) is 0 Å². The number of fused-ring (bicyclic) bond motifs is 10. The van der Waals surface area contributed by atoms with Crippen LogP contribution in [-0.4, -0.2) is 56.2 Å². The van der Waals surface area contributed by atoms with Crippen molar-refractivity contribution in [3.8, 4) is 0 Å². The summed E-state index contributed by atoms with van der Waals surface area (Å²) in [6.45, 7) is 8.60. The molecule has 2 aromatic rings. The summed E-state index contributed by atoms with van der Waals surface area (Å²) < 4.78 is 57.8. The Labute approximate surface area is 400 Å². The number of benzene rings is 2. The van der Waals surface area contributed by atoms with Crippen LogP contribution < -0.4 is 11.1 Å². The van der Waals surface area contributed by atoms with Crippen LogP contribution in [0.3, 0.4) is 0 Å². The lowest BCUT2D eigenvalue weighted by Crippen LogP contribution is -2.58. The van der Waals surface area contributed by atoms with Gasteiger partial charge in [-0.25, -0.2) is 17.6 Å². The number of carbonyl (C=O) groups excluding carboxylic acids is 2. The largest absolute Gasteiger partial charge is 0.399 e. The zero-order chi connectivity index (χ0) is 46.7. The van der Waals surface area contributed by atoms with Gasteiger partial charge in [-0.1, -0.05) is 37.2 Å². The minimum Gasteiger partial charge on any atom is -0.399 e. The van der Waals surface area contributed by atoms with Crippen LogP contribution in [0, 0.1) is 81.6 Å². The van der Waals surface area contributed by atoms with Gasteiger partial charge in [0.15, 0.2) is 5.78 Å². The van der Waals surface area contributed by atoms with Crippen LogP contribution in [0.5, 0.6) is 0 Å². The molecule has 0 spiro atoms. The van der Waals surface area contributed by atoms with Gasteiger partial charge in [-0.3, -0.25) is 9.59 Å². The highest BCUT2D eigenvalue weighted by Crippen LogP contribution is 2.68. The van der Waals surface area contributed by atoms with E-state index in [1.165, 1.54) is 36.4 Å². The Morgan fingerprint density at radius 2 is 1.03 bits per heavy atom. The fourth-order valence-electron chi connectivity index (χ4n) is 16.4. The molecular formula is C55H79BrF4N2O4. The third-order valence-electron chi connectivity index (χ3n) is 19.7. The number of hydrogen-bond acceptors (Lipinski definition) is 6. The zero-order valence-electron chi connectivity index (χ0n) is 39.2. The van der Waals surface area contributed by atoms with Gasteiger partial charge in [-0.15, -0.1) is 0 Å². The summed E-state index contributed by atoms with van der Waals surface area (Å²) in [6, 6.07) is 11.8. The molecule has 0 unspecified atom stereocenters. The highest BCUT2D eigenvalue weighted by molar-refractivity contribution is 9.09. The number of alkyl halides is 3. The Bertz CT molecular complexity index is 2000. The standard InChI is InChI=1S/C27H37F2NO2.C21H32BrFO2.C6H6FN.CH4/c1-25(32)13-14-27(29)17(15-25)3-8-20-21-9-10-23(26(21,2)12-11-22(20)27)24(31)16-30-19-6-4-18(28)5-7-19;1-19(25)9-10-21(23)13(11-19)3-4-14-15-5-6-17(18(24)12-22)20(15,2)8-7-16(14)21;7-5-1-3-6(8)4-2-5;/h4-7,17,20-23,30,32H,3,8-16H2,1-2H3;13-17,25H,3-12H2,1-2H3;1-4H,8H2;1H4/t17-,20+,21+,22+,23-,25-,26+,27-;13-,14+,15+,16+,17-,19-,20+,21-;;/m11../s1. The second kappa shape index (κ2) is 19.4. The first-order valence-electron chi connectivity index (χ1n) is 25.1. The maximum atomic E-state index is 16.5. The van der Waals surface area contributed by atoms with Gasteiger partial charge in [0.2, 0.25) is 0 Å². The fourth-order valence-corrected chi connectivity index (χ4v) is 16.8. The van der Waals surface area contributed by atoms with Crippen molar-refractivity contribution in [2.24, 2.45) is 70.0 Å². The molecule has 66 heavy (non-hydrogen) atoms. The number of Topliss-reactive ketones (excluding diaryl/α,β-unsaturated/α-hetero) is 2. The summed E-state index contributed by atoms with van der Waals surface area (Å²) in [6.07, 6.45) is 15.0. The number of nitrogens with one attached hydrogen (secondary N) is 1. The summed E-state index contributed by atoms with van der Waals surface area (Å²) in [7, 11) is 0. The topological polar surface area (TPSA) is 113 Å². The summed E-state index contributed by atoms with van der Waals surface area (Å²) in [5, 5.41) is 24.6. The van der Waals surface area contributed by atoms with Crippen LogP contribution in [-0.2, 0) is 9.59 Å². The van der Waals surface area contributed by atoms with E-state index in [-0.39, 0.29) is 77.7 Å². The van der Waals surface area contributed by atoms with E-state index in [0.717, 1.165) is 82.7 Å². The van der Waals surface area contributed by atoms with E-state index < -0.39 is 22.5 Å². The number of hydrogen-bond donors (Lipinski definition) is 4. The fraction of sp³-hybridized carbons (Fsp3) is 0.745. The number of halogens is 5. The predicted octanol–water partition coefficient (Wildman–Crippen LogP) is 13.0. The van der Waals surface area contributed by atoms with E-state index in [2.05, 4.69) is 35.1 Å². The predicted molar refractivity (Wildman–Crippen MR) is 259 cm³/mol. The molecule has 10 rings (SSSR count). The molecule has 5 N–H and O–H groups in total. The van der Waals surface area contributed by atoms with Gasteiger partial charge in [0.1, 0.15) is 28.8 Å². The molecular weight excluding hydrogens is 909 g/mol. The number of anilines is 2. The molecule has 8 fully saturated rings. The number of nitrogen functional groups attached to an aromatic ring is 1. The van der Waals surface area contributed by atoms with Crippen molar-refractivity contribution in [1.29, 1.82) is 0 Å². The van der Waals surface area contributed by atoms with E-state index in [1.54, 1.807) is 12.1 Å². The Balaban J connectivity index is 0.000000169. The SMILES string of the molecule is C.C[C@@]1(O)CC[C@@]2(F)[C@H](CC[C@H]3[C@@H]4CC[C@H](C(=O)CBr)[C@@]4(C)CC[C@@H]32)C1.C[C@@]1(O)CC[C@@]2(F)[C@H](CC[C@H]3[C@@H]4CC[C@H](C(=O)CNc5ccc(F)cc5)[C@@]4(C)CC[C@@H]32)C1.Nc1ccc(F)cc1. The second-order valence-corrected chi connectivity index (χ2v) is 23.9. The maximum Gasteiger partial charge on any atom is 0.155 e. The number of nitrogens with two attached hydrogens (primary N) is 1. The quantitative estimate of drug-likeness (QED) is 0.130. The van der Waals surface area contributed by atoms with Gasteiger partial charge < -0.3 is 21.3 Å². The molecule has 6 nitrogen and oxygen atoms in total. The van der Waals surface area contributed by atoms with Crippen molar-refractivity contribution in [1.82, 2.24) is 0 Å². The maximum absolute atomic E-state index is 16.5. The molecule has 8 aliphatic rings. The minimum absolute atomic E-state index is 0. The second-order valence-electron chi connectivity index (χ2n) is 23.4. The van der Waals surface area contributed by atoms with Gasteiger partial charge in [-0.2, -0.15) is 0 Å². The lowest BCUT2D eigenvalue weighted by molar-refractivity contribution is -0.165. The van der Waals surface area contributed by atoms with Gasteiger partial charge in [0.05, 0.1) is 23.1 Å². The molecule has 0 amide bonds. The molecule has 368 valence electrons.